The molecule has 0 N–H and O–H groups in total. The zero-order chi connectivity index (χ0) is 21.5. The summed E-state index contributed by atoms with van der Waals surface area (Å²) in [7, 11) is 0. The van der Waals surface area contributed by atoms with Gasteiger partial charge < -0.3 is 0 Å². The van der Waals surface area contributed by atoms with Gasteiger partial charge in [-0.15, -0.1) is 0 Å². The molecule has 168 valence electrons. The summed E-state index contributed by atoms with van der Waals surface area (Å²) in [4.78, 5) is 5.03. The Balaban J connectivity index is 1.08. The van der Waals surface area contributed by atoms with Crippen LogP contribution in [0.4, 0.5) is 8.78 Å². The third kappa shape index (κ3) is 7.11. The van der Waals surface area contributed by atoms with Gasteiger partial charge in [-0.2, -0.15) is 0 Å². The monoisotopic (exact) mass is 426 g/mol. The van der Waals surface area contributed by atoms with Crippen molar-refractivity contribution in [3.8, 4) is 0 Å². The van der Waals surface area contributed by atoms with Gasteiger partial charge in [-0.3, -0.25) is 9.80 Å². The number of rotatable bonds is 8. The van der Waals surface area contributed by atoms with Crippen molar-refractivity contribution in [3.05, 3.63) is 71.3 Å². The van der Waals surface area contributed by atoms with E-state index in [2.05, 4.69) is 9.80 Å². The van der Waals surface area contributed by atoms with Gasteiger partial charge in [0.05, 0.1) is 0 Å². The number of benzene rings is 2. The quantitative estimate of drug-likeness (QED) is 0.492. The largest absolute Gasteiger partial charge is 0.299 e. The van der Waals surface area contributed by atoms with Crippen LogP contribution in [-0.4, -0.2) is 36.0 Å². The second kappa shape index (κ2) is 11.2. The first kappa shape index (κ1) is 22.4. The van der Waals surface area contributed by atoms with Crippen molar-refractivity contribution in [2.75, 3.05) is 26.2 Å². The molecule has 0 amide bonds. The van der Waals surface area contributed by atoms with E-state index in [1.807, 2.05) is 24.3 Å². The van der Waals surface area contributed by atoms with Crippen LogP contribution in [0.25, 0.3) is 0 Å². The Kier molecular flexibility index (Phi) is 8.09. The van der Waals surface area contributed by atoms with Gasteiger partial charge in [-0.25, -0.2) is 8.78 Å². The Hall–Kier alpha value is -1.78. The van der Waals surface area contributed by atoms with Crippen LogP contribution in [0, 0.1) is 23.5 Å². The van der Waals surface area contributed by atoms with Crippen LogP contribution in [-0.2, 0) is 13.1 Å². The summed E-state index contributed by atoms with van der Waals surface area (Å²) in [6, 6.07) is 13.9. The summed E-state index contributed by atoms with van der Waals surface area (Å²) in [5.74, 6) is 1.45. The van der Waals surface area contributed by atoms with Crippen molar-refractivity contribution in [2.45, 2.75) is 58.0 Å². The second-order valence-corrected chi connectivity index (χ2v) is 9.62. The molecule has 2 aliphatic heterocycles. The first-order chi connectivity index (χ1) is 15.1. The van der Waals surface area contributed by atoms with E-state index in [0.29, 0.717) is 0 Å². The summed E-state index contributed by atoms with van der Waals surface area (Å²) in [6.07, 6.45) is 9.33. The van der Waals surface area contributed by atoms with Gasteiger partial charge in [0.1, 0.15) is 11.6 Å². The normalized spacial score (nSPS) is 19.7. The Labute approximate surface area is 186 Å². The van der Waals surface area contributed by atoms with Gasteiger partial charge in [-0.1, -0.05) is 43.5 Å². The number of hydrogen-bond acceptors (Lipinski definition) is 2. The Bertz CT molecular complexity index is 706. The second-order valence-electron chi connectivity index (χ2n) is 9.62. The summed E-state index contributed by atoms with van der Waals surface area (Å²) in [5, 5.41) is 0. The summed E-state index contributed by atoms with van der Waals surface area (Å²) in [5.41, 5.74) is 2.43. The molecule has 0 radical (unpaired) electrons. The lowest BCUT2D eigenvalue weighted by atomic mass is 9.86. The van der Waals surface area contributed by atoms with E-state index < -0.39 is 0 Å². The molecule has 2 fully saturated rings. The van der Waals surface area contributed by atoms with E-state index in [9.17, 15) is 8.78 Å². The van der Waals surface area contributed by atoms with Gasteiger partial charge in [0.25, 0.3) is 0 Å². The standard InChI is InChI=1S/C27H36F2N2/c28-26-8-4-24(5-9-26)20-30-16-12-22(13-17-30)2-1-3-23-14-18-31(19-15-23)21-25-6-10-27(29)11-7-25/h4-11,22-23H,1-3,12-21H2. The van der Waals surface area contributed by atoms with Crippen molar-refractivity contribution >= 4 is 0 Å². The summed E-state index contributed by atoms with van der Waals surface area (Å²) >= 11 is 0. The molecule has 2 aliphatic rings. The fourth-order valence-corrected chi connectivity index (χ4v) is 5.26. The van der Waals surface area contributed by atoms with Crippen LogP contribution in [0.15, 0.2) is 48.5 Å². The number of nitrogens with zero attached hydrogens (tertiary/aromatic N) is 2. The van der Waals surface area contributed by atoms with Crippen molar-refractivity contribution in [1.82, 2.24) is 9.80 Å². The molecule has 4 rings (SSSR count). The van der Waals surface area contributed by atoms with Crippen molar-refractivity contribution in [2.24, 2.45) is 11.8 Å². The lowest BCUT2D eigenvalue weighted by molar-refractivity contribution is 0.156. The number of hydrogen-bond donors (Lipinski definition) is 0. The maximum Gasteiger partial charge on any atom is 0.123 e. The highest BCUT2D eigenvalue weighted by Gasteiger charge is 2.22. The van der Waals surface area contributed by atoms with E-state index in [0.717, 1.165) is 24.9 Å². The van der Waals surface area contributed by atoms with Gasteiger partial charge in [0.2, 0.25) is 0 Å². The topological polar surface area (TPSA) is 6.48 Å². The number of halogens is 2. The van der Waals surface area contributed by atoms with Crippen molar-refractivity contribution in [1.29, 1.82) is 0 Å². The highest BCUT2D eigenvalue weighted by atomic mass is 19.1. The molecule has 0 unspecified atom stereocenters. The highest BCUT2D eigenvalue weighted by Crippen LogP contribution is 2.28. The van der Waals surface area contributed by atoms with Gasteiger partial charge >= 0.3 is 0 Å². The molecule has 2 heterocycles. The Morgan fingerprint density at radius 2 is 0.935 bits per heavy atom. The zero-order valence-electron chi connectivity index (χ0n) is 18.6. The Morgan fingerprint density at radius 1 is 0.581 bits per heavy atom. The smallest absolute Gasteiger partial charge is 0.123 e. The van der Waals surface area contributed by atoms with E-state index in [-0.39, 0.29) is 11.6 Å². The SMILES string of the molecule is Fc1ccc(CN2CCC(CCCC3CCN(Cc4ccc(F)cc4)CC3)CC2)cc1. The van der Waals surface area contributed by atoms with Crippen molar-refractivity contribution in [3.63, 3.8) is 0 Å². The molecule has 0 bridgehead atoms. The minimum Gasteiger partial charge on any atom is -0.299 e. The molecule has 4 heteroatoms. The molecule has 2 nitrogen and oxygen atoms in total. The molecule has 2 saturated heterocycles. The van der Waals surface area contributed by atoms with Gasteiger partial charge in [0.15, 0.2) is 0 Å². The zero-order valence-corrected chi connectivity index (χ0v) is 18.6. The fraction of sp³-hybridized carbons (Fsp3) is 0.556. The van der Waals surface area contributed by atoms with E-state index >= 15 is 0 Å². The summed E-state index contributed by atoms with van der Waals surface area (Å²) < 4.78 is 26.1. The van der Waals surface area contributed by atoms with Gasteiger partial charge in [0, 0.05) is 13.1 Å². The average Bonchev–Trinajstić information content (AvgIpc) is 2.79. The molecule has 2 aromatic carbocycles. The molecular weight excluding hydrogens is 390 g/mol. The maximum atomic E-state index is 13.1. The molecule has 0 saturated carbocycles. The van der Waals surface area contributed by atoms with E-state index in [1.54, 1.807) is 24.3 Å². The molecule has 0 aliphatic carbocycles. The van der Waals surface area contributed by atoms with Crippen LogP contribution in [0.2, 0.25) is 0 Å². The predicted molar refractivity (Wildman–Crippen MR) is 123 cm³/mol. The molecule has 0 spiro atoms. The third-order valence-corrected chi connectivity index (χ3v) is 7.28. The predicted octanol–water partition coefficient (Wildman–Crippen LogP) is 6.26. The number of likely N-dealkylation sites (tertiary alicyclic amines) is 2. The molecule has 0 aromatic heterocycles. The summed E-state index contributed by atoms with van der Waals surface area (Å²) in [6.45, 7) is 6.58. The molecule has 0 atom stereocenters. The van der Waals surface area contributed by atoms with Crippen LogP contribution < -0.4 is 0 Å². The molecule has 2 aromatic rings. The van der Waals surface area contributed by atoms with E-state index in [1.165, 1.54) is 82.3 Å². The minimum absolute atomic E-state index is 0.152. The first-order valence-corrected chi connectivity index (χ1v) is 12.1. The highest BCUT2D eigenvalue weighted by molar-refractivity contribution is 5.16. The Morgan fingerprint density at radius 3 is 1.29 bits per heavy atom. The lowest BCUT2D eigenvalue weighted by Crippen LogP contribution is -2.34. The first-order valence-electron chi connectivity index (χ1n) is 12.1. The maximum absolute atomic E-state index is 13.1. The van der Waals surface area contributed by atoms with Gasteiger partial charge in [-0.05, 0) is 99.1 Å². The number of piperidine rings is 2. The third-order valence-electron chi connectivity index (χ3n) is 7.28. The molecule has 31 heavy (non-hydrogen) atoms. The molecular formula is C27H36F2N2. The fourth-order valence-electron chi connectivity index (χ4n) is 5.26. The minimum atomic E-state index is -0.152. The van der Waals surface area contributed by atoms with Crippen LogP contribution in [0.1, 0.15) is 56.1 Å². The lowest BCUT2D eigenvalue weighted by Gasteiger charge is -2.33. The van der Waals surface area contributed by atoms with Crippen LogP contribution in [0.3, 0.4) is 0 Å². The average molecular weight is 427 g/mol. The van der Waals surface area contributed by atoms with Crippen LogP contribution in [0.5, 0.6) is 0 Å². The van der Waals surface area contributed by atoms with E-state index in [4.69, 9.17) is 0 Å². The van der Waals surface area contributed by atoms with Crippen molar-refractivity contribution < 1.29 is 8.78 Å². The van der Waals surface area contributed by atoms with Crippen LogP contribution >= 0.6 is 0 Å².